The van der Waals surface area contributed by atoms with E-state index in [1.807, 2.05) is 31.5 Å². The van der Waals surface area contributed by atoms with E-state index in [2.05, 4.69) is 11.0 Å². The summed E-state index contributed by atoms with van der Waals surface area (Å²) in [5.74, 6) is 0. The number of benzene rings is 1. The first-order valence-electron chi connectivity index (χ1n) is 5.80. The molecule has 1 heterocycles. The molecule has 0 fully saturated rings. The van der Waals surface area contributed by atoms with Crippen LogP contribution in [0.5, 0.6) is 0 Å². The molecule has 0 aliphatic rings. The molecule has 0 saturated carbocycles. The number of para-hydroxylation sites is 1. The Balaban J connectivity index is 2.08. The van der Waals surface area contributed by atoms with Crippen molar-refractivity contribution >= 4 is 11.0 Å². The van der Waals surface area contributed by atoms with E-state index >= 15 is 0 Å². The van der Waals surface area contributed by atoms with Crippen molar-refractivity contribution in [1.82, 2.24) is 4.90 Å². The maximum atomic E-state index is 5.83. The molecule has 4 N–H and O–H groups in total. The lowest BCUT2D eigenvalue weighted by Gasteiger charge is -2.19. The minimum atomic E-state index is 0.0261. The van der Waals surface area contributed by atoms with Crippen LogP contribution in [0.25, 0.3) is 11.0 Å². The van der Waals surface area contributed by atoms with Crippen LogP contribution < -0.4 is 11.5 Å². The number of rotatable bonds is 5. The van der Waals surface area contributed by atoms with Gasteiger partial charge in [0, 0.05) is 36.6 Å². The van der Waals surface area contributed by atoms with E-state index in [0.717, 1.165) is 18.7 Å². The summed E-state index contributed by atoms with van der Waals surface area (Å²) in [6.07, 6.45) is 1.81. The van der Waals surface area contributed by atoms with Gasteiger partial charge in [0.2, 0.25) is 0 Å². The van der Waals surface area contributed by atoms with Gasteiger partial charge >= 0.3 is 0 Å². The number of hydrogen-bond donors (Lipinski definition) is 2. The molecule has 17 heavy (non-hydrogen) atoms. The van der Waals surface area contributed by atoms with Crippen molar-refractivity contribution < 1.29 is 4.42 Å². The highest BCUT2D eigenvalue weighted by Crippen LogP contribution is 2.21. The van der Waals surface area contributed by atoms with Crippen LogP contribution in [-0.2, 0) is 6.54 Å². The van der Waals surface area contributed by atoms with Gasteiger partial charge in [-0.05, 0) is 13.1 Å². The van der Waals surface area contributed by atoms with Crippen LogP contribution in [0.1, 0.15) is 5.56 Å². The zero-order chi connectivity index (χ0) is 12.3. The van der Waals surface area contributed by atoms with Crippen LogP contribution in [0.15, 0.2) is 34.9 Å². The Morgan fingerprint density at radius 1 is 1.35 bits per heavy atom. The second-order valence-electron chi connectivity index (χ2n) is 4.45. The van der Waals surface area contributed by atoms with Crippen LogP contribution in [-0.4, -0.2) is 31.1 Å². The summed E-state index contributed by atoms with van der Waals surface area (Å²) in [6.45, 7) is 2.12. The van der Waals surface area contributed by atoms with Crippen LogP contribution in [0.3, 0.4) is 0 Å². The average molecular weight is 233 g/mol. The minimum Gasteiger partial charge on any atom is -0.464 e. The first-order chi connectivity index (χ1) is 8.20. The zero-order valence-corrected chi connectivity index (χ0v) is 10.1. The van der Waals surface area contributed by atoms with Gasteiger partial charge in [0.15, 0.2) is 0 Å². The van der Waals surface area contributed by atoms with Crippen LogP contribution in [0.2, 0.25) is 0 Å². The van der Waals surface area contributed by atoms with E-state index in [1.54, 1.807) is 0 Å². The standard InChI is InChI=1S/C13H19N3O/c1-16(8-11(15)6-14)7-10-9-17-13-5-3-2-4-12(10)13/h2-5,9,11H,6-8,14-15H2,1H3. The first kappa shape index (κ1) is 12.1. The molecule has 4 nitrogen and oxygen atoms in total. The molecule has 0 radical (unpaired) electrons. The molecule has 1 unspecified atom stereocenters. The molecule has 92 valence electrons. The predicted molar refractivity (Wildman–Crippen MR) is 69.6 cm³/mol. The average Bonchev–Trinajstić information content (AvgIpc) is 2.72. The Morgan fingerprint density at radius 2 is 2.12 bits per heavy atom. The number of nitrogens with zero attached hydrogens (tertiary/aromatic N) is 1. The number of fused-ring (bicyclic) bond motifs is 1. The van der Waals surface area contributed by atoms with E-state index in [9.17, 15) is 0 Å². The summed E-state index contributed by atoms with van der Waals surface area (Å²) < 4.78 is 5.50. The quantitative estimate of drug-likeness (QED) is 0.813. The second kappa shape index (κ2) is 5.31. The Morgan fingerprint density at radius 3 is 2.88 bits per heavy atom. The van der Waals surface area contributed by atoms with Gasteiger partial charge in [0.05, 0.1) is 6.26 Å². The van der Waals surface area contributed by atoms with Crippen molar-refractivity contribution in [2.24, 2.45) is 11.5 Å². The molecule has 0 aliphatic heterocycles. The molecule has 0 bridgehead atoms. The van der Waals surface area contributed by atoms with E-state index in [1.165, 1.54) is 10.9 Å². The van der Waals surface area contributed by atoms with Crippen LogP contribution in [0.4, 0.5) is 0 Å². The fourth-order valence-electron chi connectivity index (χ4n) is 1.99. The summed E-state index contributed by atoms with van der Waals surface area (Å²) in [4.78, 5) is 2.16. The lowest BCUT2D eigenvalue weighted by molar-refractivity contribution is 0.305. The van der Waals surface area contributed by atoms with Gasteiger partial charge in [0.1, 0.15) is 5.58 Å². The number of hydrogen-bond acceptors (Lipinski definition) is 4. The van der Waals surface area contributed by atoms with Gasteiger partial charge in [-0.3, -0.25) is 0 Å². The number of nitrogens with two attached hydrogens (primary N) is 2. The molecule has 0 spiro atoms. The summed E-state index contributed by atoms with van der Waals surface area (Å²) in [5, 5.41) is 1.17. The third-order valence-electron chi connectivity index (χ3n) is 2.85. The van der Waals surface area contributed by atoms with Crippen molar-refractivity contribution in [3.05, 3.63) is 36.1 Å². The van der Waals surface area contributed by atoms with Crippen molar-refractivity contribution in [3.63, 3.8) is 0 Å². The highest BCUT2D eigenvalue weighted by Gasteiger charge is 2.09. The van der Waals surface area contributed by atoms with Crippen molar-refractivity contribution in [2.75, 3.05) is 20.1 Å². The highest BCUT2D eigenvalue weighted by molar-refractivity contribution is 5.80. The molecular weight excluding hydrogens is 214 g/mol. The maximum absolute atomic E-state index is 5.83. The Bertz CT molecular complexity index is 480. The molecule has 4 heteroatoms. The van der Waals surface area contributed by atoms with Crippen LogP contribution >= 0.6 is 0 Å². The minimum absolute atomic E-state index is 0.0261. The molecule has 2 aromatic rings. The molecule has 1 atom stereocenters. The van der Waals surface area contributed by atoms with Gasteiger partial charge in [-0.2, -0.15) is 0 Å². The fourth-order valence-corrected chi connectivity index (χ4v) is 1.99. The smallest absolute Gasteiger partial charge is 0.134 e. The van der Waals surface area contributed by atoms with Gasteiger partial charge in [-0.25, -0.2) is 0 Å². The molecule has 0 saturated heterocycles. The molecule has 0 amide bonds. The predicted octanol–water partition coefficient (Wildman–Crippen LogP) is 1.15. The molecule has 1 aromatic heterocycles. The SMILES string of the molecule is CN(Cc1coc2ccccc12)CC(N)CN. The van der Waals surface area contributed by atoms with Gasteiger partial charge in [-0.15, -0.1) is 0 Å². The number of likely N-dealkylation sites (N-methyl/N-ethyl adjacent to an activating group) is 1. The molecular formula is C13H19N3O. The van der Waals surface area contributed by atoms with Gasteiger partial charge in [-0.1, -0.05) is 18.2 Å². The summed E-state index contributed by atoms with van der Waals surface area (Å²) in [7, 11) is 2.04. The van der Waals surface area contributed by atoms with Crippen LogP contribution in [0, 0.1) is 0 Å². The zero-order valence-electron chi connectivity index (χ0n) is 10.1. The van der Waals surface area contributed by atoms with Gasteiger partial charge in [0.25, 0.3) is 0 Å². The molecule has 1 aromatic carbocycles. The van der Waals surface area contributed by atoms with Crippen molar-refractivity contribution in [1.29, 1.82) is 0 Å². The highest BCUT2D eigenvalue weighted by atomic mass is 16.3. The Hall–Kier alpha value is -1.36. The van der Waals surface area contributed by atoms with E-state index in [0.29, 0.717) is 6.54 Å². The largest absolute Gasteiger partial charge is 0.464 e. The maximum Gasteiger partial charge on any atom is 0.134 e. The van der Waals surface area contributed by atoms with Crippen molar-refractivity contribution in [3.8, 4) is 0 Å². The Labute approximate surface area is 101 Å². The molecule has 0 aliphatic carbocycles. The van der Waals surface area contributed by atoms with Crippen molar-refractivity contribution in [2.45, 2.75) is 12.6 Å². The fraction of sp³-hybridized carbons (Fsp3) is 0.385. The summed E-state index contributed by atoms with van der Waals surface area (Å²) >= 11 is 0. The summed E-state index contributed by atoms with van der Waals surface area (Å²) in [5.41, 5.74) is 13.5. The third-order valence-corrected chi connectivity index (χ3v) is 2.85. The molecule has 2 rings (SSSR count). The normalized spacial score (nSPS) is 13.4. The summed E-state index contributed by atoms with van der Waals surface area (Å²) in [6, 6.07) is 8.07. The van der Waals surface area contributed by atoms with E-state index < -0.39 is 0 Å². The number of furan rings is 1. The van der Waals surface area contributed by atoms with E-state index in [4.69, 9.17) is 15.9 Å². The first-order valence-corrected chi connectivity index (χ1v) is 5.80. The van der Waals surface area contributed by atoms with E-state index in [-0.39, 0.29) is 6.04 Å². The second-order valence-corrected chi connectivity index (χ2v) is 4.45. The Kier molecular flexibility index (Phi) is 3.78. The lowest BCUT2D eigenvalue weighted by atomic mass is 10.1. The topological polar surface area (TPSA) is 68.4 Å². The lowest BCUT2D eigenvalue weighted by Crippen LogP contribution is -2.40. The monoisotopic (exact) mass is 233 g/mol. The third kappa shape index (κ3) is 2.85. The van der Waals surface area contributed by atoms with Gasteiger partial charge < -0.3 is 20.8 Å².